The monoisotopic (exact) mass is 249 g/mol. The summed E-state index contributed by atoms with van der Waals surface area (Å²) in [4.78, 5) is 16.8. The van der Waals surface area contributed by atoms with Crippen molar-refractivity contribution in [2.75, 3.05) is 0 Å². The third kappa shape index (κ3) is 1.25. The molecule has 1 aliphatic heterocycles. The average molecular weight is 249 g/mol. The average Bonchev–Trinajstić information content (AvgIpc) is 2.61. The number of carbonyl (C=O) groups is 1. The molecule has 4 atom stereocenters. The number of fused-ring (bicyclic) bond motifs is 5. The van der Waals surface area contributed by atoms with Gasteiger partial charge >= 0.3 is 5.97 Å². The summed E-state index contributed by atoms with van der Waals surface area (Å²) >= 11 is 0. The molecule has 2 fully saturated rings. The lowest BCUT2D eigenvalue weighted by molar-refractivity contribution is -0.151. The molecule has 0 spiro atoms. The highest BCUT2D eigenvalue weighted by molar-refractivity contribution is 6.02. The molecule has 0 saturated heterocycles. The van der Waals surface area contributed by atoms with Crippen LogP contribution in [0.3, 0.4) is 0 Å². The number of nitrogens with zero attached hydrogens (tertiary/aromatic N) is 1. The van der Waals surface area contributed by atoms with Gasteiger partial charge in [-0.25, -0.2) is 4.79 Å². The Morgan fingerprint density at radius 3 is 2.78 bits per heavy atom. The maximum atomic E-state index is 12.0. The Bertz CT molecular complexity index is 426. The van der Waals surface area contributed by atoms with Crippen LogP contribution in [0.4, 0.5) is 0 Å². The molecule has 3 rings (SSSR count). The van der Waals surface area contributed by atoms with E-state index in [9.17, 15) is 4.79 Å². The number of aliphatic imine (C=N–C) groups is 1. The van der Waals surface area contributed by atoms with Gasteiger partial charge in [0, 0.05) is 11.3 Å². The van der Waals surface area contributed by atoms with E-state index in [1.54, 1.807) is 0 Å². The largest absolute Gasteiger partial charge is 0.454 e. The number of carbonyl (C=O) groups excluding carboxylic acids is 1. The van der Waals surface area contributed by atoms with E-state index in [1.165, 1.54) is 18.6 Å². The molecule has 0 amide bonds. The molecule has 3 nitrogen and oxygen atoms in total. The van der Waals surface area contributed by atoms with Gasteiger partial charge in [0.2, 0.25) is 0 Å². The van der Waals surface area contributed by atoms with Gasteiger partial charge in [0.25, 0.3) is 0 Å². The fraction of sp³-hybridized carbons (Fsp3) is 0.867. The van der Waals surface area contributed by atoms with Crippen LogP contribution >= 0.6 is 0 Å². The van der Waals surface area contributed by atoms with Gasteiger partial charge in [0.1, 0.15) is 12.1 Å². The lowest BCUT2D eigenvalue weighted by Crippen LogP contribution is -2.44. The third-order valence-electron chi connectivity index (χ3n) is 5.88. The first-order valence-electron chi connectivity index (χ1n) is 7.20. The van der Waals surface area contributed by atoms with Gasteiger partial charge in [-0.15, -0.1) is 0 Å². The second kappa shape index (κ2) is 3.58. The van der Waals surface area contributed by atoms with Gasteiger partial charge in [-0.2, -0.15) is 0 Å². The first-order chi connectivity index (χ1) is 8.41. The zero-order chi connectivity index (χ0) is 13.1. The van der Waals surface area contributed by atoms with Crippen molar-refractivity contribution in [1.29, 1.82) is 0 Å². The van der Waals surface area contributed by atoms with Crippen molar-refractivity contribution in [3.63, 3.8) is 0 Å². The Labute approximate surface area is 109 Å². The van der Waals surface area contributed by atoms with Crippen molar-refractivity contribution < 1.29 is 9.53 Å². The molecular weight excluding hydrogens is 226 g/mol. The molecule has 0 N–H and O–H groups in total. The van der Waals surface area contributed by atoms with E-state index < -0.39 is 0 Å². The number of ether oxygens (including phenoxy) is 1. The van der Waals surface area contributed by atoms with Crippen LogP contribution in [-0.4, -0.2) is 23.8 Å². The van der Waals surface area contributed by atoms with Crippen molar-refractivity contribution in [2.45, 2.75) is 65.5 Å². The Hall–Kier alpha value is -0.860. The second-order valence-corrected chi connectivity index (χ2v) is 6.88. The number of esters is 1. The van der Waals surface area contributed by atoms with Crippen molar-refractivity contribution in [1.82, 2.24) is 0 Å². The molecule has 1 heterocycles. The van der Waals surface area contributed by atoms with E-state index in [0.29, 0.717) is 5.92 Å². The molecule has 0 unspecified atom stereocenters. The topological polar surface area (TPSA) is 38.7 Å². The predicted octanol–water partition coefficient (Wildman–Crippen LogP) is 2.98. The van der Waals surface area contributed by atoms with Crippen LogP contribution in [0.5, 0.6) is 0 Å². The summed E-state index contributed by atoms with van der Waals surface area (Å²) in [5, 5.41) is 0. The number of hydrogen-bond acceptors (Lipinski definition) is 3. The van der Waals surface area contributed by atoms with E-state index in [-0.39, 0.29) is 28.9 Å². The highest BCUT2D eigenvalue weighted by Crippen LogP contribution is 2.65. The first kappa shape index (κ1) is 12.2. The zero-order valence-electron chi connectivity index (χ0n) is 11.8. The van der Waals surface area contributed by atoms with Gasteiger partial charge in [-0.3, -0.25) is 4.99 Å². The van der Waals surface area contributed by atoms with E-state index >= 15 is 0 Å². The molecule has 3 aliphatic rings. The highest BCUT2D eigenvalue weighted by atomic mass is 16.5. The van der Waals surface area contributed by atoms with Crippen LogP contribution in [0.25, 0.3) is 0 Å². The second-order valence-electron chi connectivity index (χ2n) is 6.88. The maximum absolute atomic E-state index is 12.0. The van der Waals surface area contributed by atoms with Crippen LogP contribution in [-0.2, 0) is 9.53 Å². The highest BCUT2D eigenvalue weighted by Gasteiger charge is 2.67. The molecule has 0 radical (unpaired) electrons. The third-order valence-corrected chi connectivity index (χ3v) is 5.88. The smallest absolute Gasteiger partial charge is 0.331 e. The van der Waals surface area contributed by atoms with E-state index in [0.717, 1.165) is 12.8 Å². The van der Waals surface area contributed by atoms with Gasteiger partial charge in [-0.05, 0) is 24.7 Å². The summed E-state index contributed by atoms with van der Waals surface area (Å²) in [6.07, 6.45) is 4.12. The number of hydrogen-bond donors (Lipinski definition) is 0. The maximum Gasteiger partial charge on any atom is 0.331 e. The molecule has 0 aromatic heterocycles. The summed E-state index contributed by atoms with van der Waals surface area (Å²) in [6, 6.07) is -0.242. The molecule has 0 aromatic rings. The number of rotatable bonds is 2. The summed E-state index contributed by atoms with van der Waals surface area (Å²) in [7, 11) is 0. The van der Waals surface area contributed by atoms with E-state index in [1.807, 2.05) is 0 Å². The van der Waals surface area contributed by atoms with Gasteiger partial charge in [0.15, 0.2) is 0 Å². The van der Waals surface area contributed by atoms with Crippen molar-refractivity contribution in [2.24, 2.45) is 21.7 Å². The predicted molar refractivity (Wildman–Crippen MR) is 70.6 cm³/mol. The fourth-order valence-corrected chi connectivity index (χ4v) is 4.26. The Balaban J connectivity index is 2.02. The molecule has 18 heavy (non-hydrogen) atoms. The quantitative estimate of drug-likeness (QED) is 0.706. The Kier molecular flexibility index (Phi) is 2.43. The summed E-state index contributed by atoms with van der Waals surface area (Å²) in [6.45, 7) is 9.03. The van der Waals surface area contributed by atoms with Crippen LogP contribution < -0.4 is 0 Å². The lowest BCUT2D eigenvalue weighted by atomic mass is 9.70. The minimum atomic E-state index is -0.242. The Morgan fingerprint density at radius 2 is 2.11 bits per heavy atom. The SMILES string of the molecule is CCC[C@H]1N=C2[C@H](OC1=O)[C@H]1CC[C@]2(C)C1(C)C. The molecular formula is C15H23NO2. The molecule has 100 valence electrons. The minimum Gasteiger partial charge on any atom is -0.454 e. The summed E-state index contributed by atoms with van der Waals surface area (Å²) < 4.78 is 5.74. The fourth-order valence-electron chi connectivity index (χ4n) is 4.26. The first-order valence-corrected chi connectivity index (χ1v) is 7.20. The molecule has 3 heteroatoms. The molecule has 0 aromatic carbocycles. The van der Waals surface area contributed by atoms with E-state index in [2.05, 4.69) is 27.7 Å². The van der Waals surface area contributed by atoms with Crippen molar-refractivity contribution in [3.8, 4) is 0 Å². The van der Waals surface area contributed by atoms with Gasteiger partial charge in [0.05, 0.1) is 5.71 Å². The summed E-state index contributed by atoms with van der Waals surface area (Å²) in [5.41, 5.74) is 1.52. The summed E-state index contributed by atoms with van der Waals surface area (Å²) in [5.74, 6) is 0.366. The van der Waals surface area contributed by atoms with Crippen molar-refractivity contribution >= 4 is 11.7 Å². The molecule has 2 saturated carbocycles. The zero-order valence-corrected chi connectivity index (χ0v) is 11.8. The molecule has 2 bridgehead atoms. The normalized spacial score (nSPS) is 44.6. The van der Waals surface area contributed by atoms with E-state index in [4.69, 9.17) is 9.73 Å². The van der Waals surface area contributed by atoms with Crippen LogP contribution in [0.2, 0.25) is 0 Å². The standard InChI is InChI=1S/C15H23NO2/c1-5-6-10-13(17)18-11-9-7-8-15(4,12(11)16-10)14(9,2)3/h9-11H,5-8H2,1-4H3/t9-,10-,11-,15+/m1/s1. The lowest BCUT2D eigenvalue weighted by Gasteiger charge is -2.36. The van der Waals surface area contributed by atoms with Crippen molar-refractivity contribution in [3.05, 3.63) is 0 Å². The van der Waals surface area contributed by atoms with Crippen LogP contribution in [0, 0.1) is 16.7 Å². The van der Waals surface area contributed by atoms with Crippen LogP contribution in [0.1, 0.15) is 53.4 Å². The van der Waals surface area contributed by atoms with Crippen LogP contribution in [0.15, 0.2) is 4.99 Å². The Morgan fingerprint density at radius 1 is 1.39 bits per heavy atom. The van der Waals surface area contributed by atoms with Gasteiger partial charge in [-0.1, -0.05) is 34.1 Å². The minimum absolute atomic E-state index is 0.0284. The molecule has 2 aliphatic carbocycles. The van der Waals surface area contributed by atoms with Gasteiger partial charge < -0.3 is 4.74 Å².